The van der Waals surface area contributed by atoms with E-state index in [0.717, 1.165) is 12.0 Å². The molecule has 6 unspecified atom stereocenters. The Kier molecular flexibility index (Phi) is 10.1. The predicted octanol–water partition coefficient (Wildman–Crippen LogP) is 2.53. The largest absolute Gasteiger partial charge is 0.462 e. The number of amides is 1. The summed E-state index contributed by atoms with van der Waals surface area (Å²) >= 11 is 0. The van der Waals surface area contributed by atoms with Gasteiger partial charge < -0.3 is 46.3 Å². The van der Waals surface area contributed by atoms with Gasteiger partial charge in [0.1, 0.15) is 42.0 Å². The Hall–Kier alpha value is -4.78. The second kappa shape index (κ2) is 14.3. The number of carbonyl (C=O) groups is 1. The summed E-state index contributed by atoms with van der Waals surface area (Å²) in [5.41, 5.74) is 9.83. The molecule has 1 fully saturated rings. The number of anilines is 2. The Morgan fingerprint density at radius 2 is 1.53 bits per heavy atom. The summed E-state index contributed by atoms with van der Waals surface area (Å²) in [7, 11) is 0. The van der Waals surface area contributed by atoms with Gasteiger partial charge in [0, 0.05) is 22.5 Å². The van der Waals surface area contributed by atoms with Crippen LogP contribution in [0.3, 0.4) is 0 Å². The standard InChI is InChI=1S/C34H36N4O7/c35-32(36)22-9-6-10-24(18-22)37-28(33(43)38-23-15-13-21(14-16-23)17-20-7-2-1-3-8-20)25-11-4-5-12-26(25)44-34-31(42)30(41)29(40)27(19-39)45-34/h1-16,18,27-31,34,37,39-42H,17,19H2,(H3,35,36)(H,38,43). The Morgan fingerprint density at radius 3 is 2.24 bits per heavy atom. The highest BCUT2D eigenvalue weighted by molar-refractivity contribution is 5.99. The van der Waals surface area contributed by atoms with Crippen molar-refractivity contribution in [3.05, 3.63) is 125 Å². The molecule has 234 valence electrons. The maximum absolute atomic E-state index is 13.9. The van der Waals surface area contributed by atoms with Gasteiger partial charge in [0.05, 0.1) is 6.61 Å². The number of amidine groups is 1. The Balaban J connectivity index is 1.42. The fourth-order valence-corrected chi connectivity index (χ4v) is 5.10. The average molecular weight is 613 g/mol. The average Bonchev–Trinajstić information content (AvgIpc) is 3.05. The van der Waals surface area contributed by atoms with E-state index in [1.807, 2.05) is 42.5 Å². The van der Waals surface area contributed by atoms with Gasteiger partial charge in [-0.05, 0) is 47.9 Å². The third kappa shape index (κ3) is 7.66. The molecular formula is C34H36N4O7. The molecule has 1 saturated heterocycles. The molecule has 0 radical (unpaired) electrons. The van der Waals surface area contributed by atoms with Crippen molar-refractivity contribution in [2.45, 2.75) is 43.2 Å². The van der Waals surface area contributed by atoms with Crippen molar-refractivity contribution >= 4 is 23.1 Å². The number of nitrogen functional groups attached to an aromatic ring is 1. The van der Waals surface area contributed by atoms with E-state index in [2.05, 4.69) is 22.8 Å². The molecule has 4 aromatic rings. The number of carbonyl (C=O) groups excluding carboxylic acids is 1. The highest BCUT2D eigenvalue weighted by atomic mass is 16.7. The lowest BCUT2D eigenvalue weighted by Gasteiger charge is -2.39. The third-order valence-corrected chi connectivity index (χ3v) is 7.54. The van der Waals surface area contributed by atoms with Gasteiger partial charge in [0.2, 0.25) is 6.29 Å². The number of para-hydroxylation sites is 1. The second-order valence-electron chi connectivity index (χ2n) is 10.8. The van der Waals surface area contributed by atoms with E-state index in [4.69, 9.17) is 20.6 Å². The lowest BCUT2D eigenvalue weighted by molar-refractivity contribution is -0.277. The molecule has 45 heavy (non-hydrogen) atoms. The van der Waals surface area contributed by atoms with Crippen molar-refractivity contribution < 1.29 is 34.7 Å². The summed E-state index contributed by atoms with van der Waals surface area (Å²) in [5, 5.41) is 54.6. The minimum Gasteiger partial charge on any atom is -0.462 e. The highest BCUT2D eigenvalue weighted by Gasteiger charge is 2.45. The Morgan fingerprint density at radius 1 is 0.844 bits per heavy atom. The van der Waals surface area contributed by atoms with Gasteiger partial charge in [0.25, 0.3) is 5.91 Å². The summed E-state index contributed by atoms with van der Waals surface area (Å²) in [6.07, 6.45) is -6.70. The summed E-state index contributed by atoms with van der Waals surface area (Å²) in [6, 6.07) is 29.9. The number of benzene rings is 4. The van der Waals surface area contributed by atoms with E-state index in [0.29, 0.717) is 22.5 Å². The SMILES string of the molecule is N=C(N)c1cccc(NC(C(=O)Nc2ccc(Cc3ccccc3)cc2)c2ccccc2OC2OC(CO)C(O)C(O)C2O)c1. The zero-order valence-electron chi connectivity index (χ0n) is 24.3. The van der Waals surface area contributed by atoms with E-state index in [-0.39, 0.29) is 11.6 Å². The molecule has 1 aliphatic heterocycles. The fourth-order valence-electron chi connectivity index (χ4n) is 5.10. The summed E-state index contributed by atoms with van der Waals surface area (Å²) in [5.74, 6) is -0.430. The second-order valence-corrected chi connectivity index (χ2v) is 10.8. The first-order chi connectivity index (χ1) is 21.7. The normalized spacial score (nSPS) is 21.8. The third-order valence-electron chi connectivity index (χ3n) is 7.54. The monoisotopic (exact) mass is 612 g/mol. The van der Waals surface area contributed by atoms with Crippen LogP contribution in [0.15, 0.2) is 103 Å². The Bertz CT molecular complexity index is 1600. The maximum atomic E-state index is 13.9. The van der Waals surface area contributed by atoms with Crippen molar-refractivity contribution in [1.29, 1.82) is 5.41 Å². The van der Waals surface area contributed by atoms with Gasteiger partial charge in [-0.2, -0.15) is 0 Å². The van der Waals surface area contributed by atoms with Crippen molar-refractivity contribution in [2.75, 3.05) is 17.2 Å². The summed E-state index contributed by atoms with van der Waals surface area (Å²) in [4.78, 5) is 13.9. The minimum absolute atomic E-state index is 0.137. The summed E-state index contributed by atoms with van der Waals surface area (Å²) < 4.78 is 11.5. The van der Waals surface area contributed by atoms with Crippen LogP contribution in [-0.4, -0.2) is 69.5 Å². The van der Waals surface area contributed by atoms with Crippen LogP contribution in [0.4, 0.5) is 11.4 Å². The first kappa shape index (κ1) is 31.6. The van der Waals surface area contributed by atoms with Gasteiger partial charge >= 0.3 is 0 Å². The van der Waals surface area contributed by atoms with Crippen molar-refractivity contribution in [3.63, 3.8) is 0 Å². The fraction of sp³-hybridized carbons (Fsp3) is 0.235. The predicted molar refractivity (Wildman–Crippen MR) is 169 cm³/mol. The van der Waals surface area contributed by atoms with E-state index in [1.165, 1.54) is 5.56 Å². The van der Waals surface area contributed by atoms with Crippen molar-refractivity contribution in [2.24, 2.45) is 5.73 Å². The molecule has 1 amide bonds. The summed E-state index contributed by atoms with van der Waals surface area (Å²) in [6.45, 7) is -0.615. The van der Waals surface area contributed by atoms with Gasteiger partial charge in [-0.25, -0.2) is 0 Å². The van der Waals surface area contributed by atoms with Gasteiger partial charge in [-0.3, -0.25) is 10.2 Å². The number of nitrogens with one attached hydrogen (secondary N) is 3. The molecule has 0 bridgehead atoms. The van der Waals surface area contributed by atoms with Crippen LogP contribution in [0.2, 0.25) is 0 Å². The number of hydrogen-bond acceptors (Lipinski definition) is 9. The smallest absolute Gasteiger partial charge is 0.251 e. The molecule has 1 aliphatic rings. The Labute approximate surface area is 260 Å². The van der Waals surface area contributed by atoms with Crippen LogP contribution in [0.25, 0.3) is 0 Å². The van der Waals surface area contributed by atoms with Crippen LogP contribution in [0, 0.1) is 5.41 Å². The van der Waals surface area contributed by atoms with Crippen LogP contribution >= 0.6 is 0 Å². The molecule has 0 aliphatic carbocycles. The molecule has 4 aromatic carbocycles. The maximum Gasteiger partial charge on any atom is 0.251 e. The van der Waals surface area contributed by atoms with Crippen LogP contribution in [0.5, 0.6) is 5.75 Å². The van der Waals surface area contributed by atoms with Crippen LogP contribution in [0.1, 0.15) is 28.3 Å². The number of aliphatic hydroxyl groups is 4. The molecule has 11 heteroatoms. The van der Waals surface area contributed by atoms with E-state index in [9.17, 15) is 25.2 Å². The molecule has 11 nitrogen and oxygen atoms in total. The van der Waals surface area contributed by atoms with E-state index < -0.39 is 49.3 Å². The molecule has 0 aromatic heterocycles. The van der Waals surface area contributed by atoms with E-state index >= 15 is 0 Å². The number of ether oxygens (including phenoxy) is 2. The van der Waals surface area contributed by atoms with Gasteiger partial charge in [-0.1, -0.05) is 72.8 Å². The van der Waals surface area contributed by atoms with E-state index in [1.54, 1.807) is 48.5 Å². The van der Waals surface area contributed by atoms with Crippen LogP contribution in [-0.2, 0) is 16.0 Å². The zero-order chi connectivity index (χ0) is 31.9. The molecular weight excluding hydrogens is 576 g/mol. The first-order valence-corrected chi connectivity index (χ1v) is 14.4. The minimum atomic E-state index is -1.64. The quantitative estimate of drug-likeness (QED) is 0.0929. The topological polar surface area (TPSA) is 190 Å². The highest BCUT2D eigenvalue weighted by Crippen LogP contribution is 2.33. The molecule has 0 saturated carbocycles. The molecule has 9 N–H and O–H groups in total. The molecule has 1 heterocycles. The van der Waals surface area contributed by atoms with Gasteiger partial charge in [-0.15, -0.1) is 0 Å². The lowest BCUT2D eigenvalue weighted by atomic mass is 9.99. The van der Waals surface area contributed by atoms with Crippen molar-refractivity contribution in [3.8, 4) is 5.75 Å². The lowest BCUT2D eigenvalue weighted by Crippen LogP contribution is -2.60. The first-order valence-electron chi connectivity index (χ1n) is 14.4. The molecule has 5 rings (SSSR count). The number of aliphatic hydroxyl groups excluding tert-OH is 4. The van der Waals surface area contributed by atoms with Crippen molar-refractivity contribution in [1.82, 2.24) is 0 Å². The molecule has 6 atom stereocenters. The number of hydrogen-bond donors (Lipinski definition) is 8. The number of nitrogens with two attached hydrogens (primary N) is 1. The molecule has 0 spiro atoms. The number of rotatable bonds is 11. The van der Waals surface area contributed by atoms with Crippen LogP contribution < -0.4 is 21.1 Å². The van der Waals surface area contributed by atoms with Gasteiger partial charge in [0.15, 0.2) is 0 Å². The zero-order valence-corrected chi connectivity index (χ0v) is 24.3.